The maximum atomic E-state index is 5.16. The molecule has 0 spiro atoms. The highest BCUT2D eigenvalue weighted by atomic mass is 79.9. The standard InChI is InChI=1S/C12H17BrN2O/c1-16-12-4-2-11(3-5-12)15-8-6-14(10-13)7-9-15/h2-5H,6-10H2,1H3. The maximum absolute atomic E-state index is 5.16. The van der Waals surface area contributed by atoms with Crippen LogP contribution in [0.3, 0.4) is 0 Å². The quantitative estimate of drug-likeness (QED) is 0.625. The minimum absolute atomic E-state index is 0.919. The Hall–Kier alpha value is -0.740. The monoisotopic (exact) mass is 284 g/mol. The van der Waals surface area contributed by atoms with Gasteiger partial charge in [-0.3, -0.25) is 4.90 Å². The summed E-state index contributed by atoms with van der Waals surface area (Å²) in [4.78, 5) is 4.82. The molecule has 0 saturated carbocycles. The Morgan fingerprint density at radius 2 is 1.75 bits per heavy atom. The summed E-state index contributed by atoms with van der Waals surface area (Å²) in [7, 11) is 1.70. The van der Waals surface area contributed by atoms with Crippen LogP contribution < -0.4 is 9.64 Å². The first-order valence-corrected chi connectivity index (χ1v) is 6.63. The number of hydrogen-bond acceptors (Lipinski definition) is 3. The molecule has 0 atom stereocenters. The molecule has 3 nitrogen and oxygen atoms in total. The zero-order valence-electron chi connectivity index (χ0n) is 9.53. The summed E-state index contributed by atoms with van der Waals surface area (Å²) in [6.07, 6.45) is 0. The van der Waals surface area contributed by atoms with E-state index in [9.17, 15) is 0 Å². The van der Waals surface area contributed by atoms with Gasteiger partial charge in [0.25, 0.3) is 0 Å². The first-order valence-electron chi connectivity index (χ1n) is 5.51. The van der Waals surface area contributed by atoms with Crippen molar-refractivity contribution in [1.29, 1.82) is 0 Å². The first-order chi connectivity index (χ1) is 7.83. The normalized spacial score (nSPS) is 17.5. The minimum Gasteiger partial charge on any atom is -0.497 e. The summed E-state index contributed by atoms with van der Waals surface area (Å²) in [6, 6.07) is 8.30. The van der Waals surface area contributed by atoms with E-state index in [0.29, 0.717) is 0 Å². The Morgan fingerprint density at radius 3 is 2.25 bits per heavy atom. The van der Waals surface area contributed by atoms with E-state index in [1.807, 2.05) is 12.1 Å². The Kier molecular flexibility index (Phi) is 4.07. The molecule has 0 aromatic heterocycles. The number of hydrogen-bond donors (Lipinski definition) is 0. The van der Waals surface area contributed by atoms with E-state index in [1.165, 1.54) is 5.69 Å². The highest BCUT2D eigenvalue weighted by Gasteiger charge is 2.15. The van der Waals surface area contributed by atoms with Crippen molar-refractivity contribution in [2.24, 2.45) is 0 Å². The number of ether oxygens (including phenoxy) is 1. The molecule has 1 saturated heterocycles. The van der Waals surface area contributed by atoms with Crippen LogP contribution in [0.25, 0.3) is 0 Å². The number of halogens is 1. The van der Waals surface area contributed by atoms with Crippen LogP contribution in [0.4, 0.5) is 5.69 Å². The topological polar surface area (TPSA) is 15.7 Å². The van der Waals surface area contributed by atoms with Crippen molar-refractivity contribution in [2.45, 2.75) is 0 Å². The molecule has 0 radical (unpaired) electrons. The maximum Gasteiger partial charge on any atom is 0.119 e. The molecule has 0 unspecified atom stereocenters. The van der Waals surface area contributed by atoms with E-state index >= 15 is 0 Å². The average Bonchev–Trinajstić information content (AvgIpc) is 2.39. The molecular formula is C12H17BrN2O. The van der Waals surface area contributed by atoms with Gasteiger partial charge >= 0.3 is 0 Å². The second-order valence-electron chi connectivity index (χ2n) is 3.92. The molecule has 0 amide bonds. The lowest BCUT2D eigenvalue weighted by Gasteiger charge is -2.35. The van der Waals surface area contributed by atoms with Gasteiger partial charge < -0.3 is 9.64 Å². The lowest BCUT2D eigenvalue weighted by molar-refractivity contribution is 0.303. The molecule has 88 valence electrons. The van der Waals surface area contributed by atoms with Crippen molar-refractivity contribution in [3.05, 3.63) is 24.3 Å². The van der Waals surface area contributed by atoms with Gasteiger partial charge in [-0.05, 0) is 24.3 Å². The fraction of sp³-hybridized carbons (Fsp3) is 0.500. The van der Waals surface area contributed by atoms with Gasteiger partial charge in [0.2, 0.25) is 0 Å². The Bertz CT molecular complexity index is 320. The third-order valence-corrected chi connectivity index (χ3v) is 3.69. The van der Waals surface area contributed by atoms with Gasteiger partial charge in [0.05, 0.1) is 12.6 Å². The summed E-state index contributed by atoms with van der Waals surface area (Å²) >= 11 is 3.50. The Morgan fingerprint density at radius 1 is 1.12 bits per heavy atom. The zero-order chi connectivity index (χ0) is 11.4. The second-order valence-corrected chi connectivity index (χ2v) is 4.42. The largest absolute Gasteiger partial charge is 0.497 e. The van der Waals surface area contributed by atoms with Gasteiger partial charge in [-0.15, -0.1) is 0 Å². The van der Waals surface area contributed by atoms with Crippen molar-refractivity contribution in [3.8, 4) is 5.75 Å². The van der Waals surface area contributed by atoms with Gasteiger partial charge in [0.1, 0.15) is 5.75 Å². The van der Waals surface area contributed by atoms with Crippen molar-refractivity contribution < 1.29 is 4.74 Å². The number of anilines is 1. The summed E-state index contributed by atoms with van der Waals surface area (Å²) < 4.78 is 5.16. The first kappa shape index (κ1) is 11.7. The predicted octanol–water partition coefficient (Wildman–Crippen LogP) is 2.17. The highest BCUT2D eigenvalue weighted by molar-refractivity contribution is 9.09. The van der Waals surface area contributed by atoms with E-state index in [4.69, 9.17) is 4.74 Å². The molecule has 16 heavy (non-hydrogen) atoms. The molecule has 1 aliphatic rings. The highest BCUT2D eigenvalue weighted by Crippen LogP contribution is 2.20. The Balaban J connectivity index is 1.97. The second kappa shape index (κ2) is 5.55. The van der Waals surface area contributed by atoms with Crippen LogP contribution in [0.1, 0.15) is 0 Å². The summed E-state index contributed by atoms with van der Waals surface area (Å²) in [5.41, 5.74) is 2.26. The van der Waals surface area contributed by atoms with Gasteiger partial charge in [-0.2, -0.15) is 0 Å². The van der Waals surface area contributed by atoms with Crippen molar-refractivity contribution >= 4 is 21.6 Å². The molecule has 4 heteroatoms. The van der Waals surface area contributed by atoms with Gasteiger partial charge in [-0.1, -0.05) is 15.9 Å². The molecule has 1 fully saturated rings. The zero-order valence-corrected chi connectivity index (χ0v) is 11.1. The van der Waals surface area contributed by atoms with E-state index in [1.54, 1.807) is 7.11 Å². The summed E-state index contributed by atoms with van der Waals surface area (Å²) in [5, 5.41) is 0. The number of rotatable bonds is 3. The molecule has 0 bridgehead atoms. The van der Waals surface area contributed by atoms with Crippen LogP contribution in [0.2, 0.25) is 0 Å². The van der Waals surface area contributed by atoms with Gasteiger partial charge in [0.15, 0.2) is 0 Å². The molecular weight excluding hydrogens is 268 g/mol. The van der Waals surface area contributed by atoms with Crippen LogP contribution in [0, 0.1) is 0 Å². The summed E-state index contributed by atoms with van der Waals surface area (Å²) in [6.45, 7) is 4.43. The number of methoxy groups -OCH3 is 1. The lowest BCUT2D eigenvalue weighted by atomic mass is 10.2. The Labute approximate surface area is 105 Å². The van der Waals surface area contributed by atoms with Gasteiger partial charge in [0, 0.05) is 31.9 Å². The van der Waals surface area contributed by atoms with Crippen molar-refractivity contribution in [2.75, 3.05) is 43.6 Å². The smallest absolute Gasteiger partial charge is 0.119 e. The van der Waals surface area contributed by atoms with Crippen LogP contribution in [0.15, 0.2) is 24.3 Å². The molecule has 0 aliphatic carbocycles. The predicted molar refractivity (Wildman–Crippen MR) is 70.6 cm³/mol. The number of alkyl halides is 1. The van der Waals surface area contributed by atoms with Gasteiger partial charge in [-0.25, -0.2) is 0 Å². The van der Waals surface area contributed by atoms with Crippen LogP contribution in [-0.4, -0.2) is 43.6 Å². The van der Waals surface area contributed by atoms with E-state index in [2.05, 4.69) is 37.9 Å². The van der Waals surface area contributed by atoms with E-state index < -0.39 is 0 Å². The van der Waals surface area contributed by atoms with Crippen molar-refractivity contribution in [1.82, 2.24) is 4.90 Å². The summed E-state index contributed by atoms with van der Waals surface area (Å²) in [5.74, 6) is 0.919. The molecule has 1 heterocycles. The third kappa shape index (κ3) is 2.68. The average molecular weight is 285 g/mol. The fourth-order valence-electron chi connectivity index (χ4n) is 1.92. The minimum atomic E-state index is 0.919. The molecule has 2 rings (SSSR count). The lowest BCUT2D eigenvalue weighted by Crippen LogP contribution is -2.45. The van der Waals surface area contributed by atoms with Crippen LogP contribution in [0.5, 0.6) is 5.75 Å². The molecule has 0 N–H and O–H groups in total. The van der Waals surface area contributed by atoms with Crippen molar-refractivity contribution in [3.63, 3.8) is 0 Å². The number of piperazine rings is 1. The molecule has 1 aromatic carbocycles. The SMILES string of the molecule is COc1ccc(N2CCN(CBr)CC2)cc1. The number of benzene rings is 1. The van der Waals surface area contributed by atoms with E-state index in [-0.39, 0.29) is 0 Å². The third-order valence-electron chi connectivity index (χ3n) is 2.98. The van der Waals surface area contributed by atoms with Crippen LogP contribution >= 0.6 is 15.9 Å². The number of nitrogens with zero attached hydrogens (tertiary/aromatic N) is 2. The fourth-order valence-corrected chi connectivity index (χ4v) is 2.42. The van der Waals surface area contributed by atoms with Crippen LogP contribution in [-0.2, 0) is 0 Å². The molecule has 1 aliphatic heterocycles. The molecule has 1 aromatic rings. The van der Waals surface area contributed by atoms with E-state index in [0.717, 1.165) is 37.4 Å².